The molecule has 0 saturated carbocycles. The maximum atomic E-state index is 13.1. The first-order valence-corrected chi connectivity index (χ1v) is 11.5. The van der Waals surface area contributed by atoms with Crippen molar-refractivity contribution in [1.29, 1.82) is 0 Å². The summed E-state index contributed by atoms with van der Waals surface area (Å²) in [6, 6.07) is 1.15. The lowest BCUT2D eigenvalue weighted by atomic mass is 10.0. The number of amides is 4. The fourth-order valence-corrected chi connectivity index (χ4v) is 3.25. The van der Waals surface area contributed by atoms with Gasteiger partial charge in [0.1, 0.15) is 23.9 Å². The minimum Gasteiger partial charge on any atom is -0.508 e. The molecule has 1 aromatic carbocycles. The fourth-order valence-electron chi connectivity index (χ4n) is 3.09. The van der Waals surface area contributed by atoms with E-state index in [1.807, 2.05) is 0 Å². The summed E-state index contributed by atoms with van der Waals surface area (Å²) < 4.78 is 0. The van der Waals surface area contributed by atoms with E-state index in [1.165, 1.54) is 12.1 Å². The number of carbonyl (C=O) groups excluding carboxylic acids is 4. The third-order valence-corrected chi connectivity index (χ3v) is 5.30. The normalized spacial score (nSPS) is 14.3. The summed E-state index contributed by atoms with van der Waals surface area (Å²) >= 11 is 3.98. The van der Waals surface area contributed by atoms with Gasteiger partial charge in [0.25, 0.3) is 0 Å². The lowest BCUT2D eigenvalue weighted by Crippen LogP contribution is -2.58. The molecule has 1 rings (SSSR count). The van der Waals surface area contributed by atoms with Crippen molar-refractivity contribution in [2.24, 2.45) is 17.4 Å². The number of phenolic OH excluding ortho intramolecular Hbond substituents is 1. The minimum absolute atomic E-state index is 0.0204. The zero-order chi connectivity index (χ0) is 26.7. The zero-order valence-electron chi connectivity index (χ0n) is 19.6. The van der Waals surface area contributed by atoms with Gasteiger partial charge in [0.05, 0.1) is 12.5 Å². The monoisotopic (exact) mass is 511 g/mol. The lowest BCUT2D eigenvalue weighted by molar-refractivity contribution is -0.143. The molecule has 9 N–H and O–H groups in total. The molecule has 13 heteroatoms. The van der Waals surface area contributed by atoms with Crippen LogP contribution in [0.1, 0.15) is 32.3 Å². The highest BCUT2D eigenvalue weighted by atomic mass is 32.1. The van der Waals surface area contributed by atoms with Crippen molar-refractivity contribution in [2.45, 2.75) is 57.3 Å². The number of thiol groups is 1. The topological polar surface area (TPSA) is 214 Å². The lowest BCUT2D eigenvalue weighted by Gasteiger charge is -2.26. The summed E-state index contributed by atoms with van der Waals surface area (Å²) in [7, 11) is 0. The number of rotatable bonds is 14. The number of aliphatic carboxylic acids is 1. The molecule has 1 aromatic rings. The van der Waals surface area contributed by atoms with Gasteiger partial charge in [-0.25, -0.2) is 4.79 Å². The van der Waals surface area contributed by atoms with Gasteiger partial charge in [-0.15, -0.1) is 0 Å². The van der Waals surface area contributed by atoms with Gasteiger partial charge in [0, 0.05) is 12.2 Å². The smallest absolute Gasteiger partial charge is 0.326 e. The molecule has 0 fully saturated rings. The van der Waals surface area contributed by atoms with Crippen LogP contribution in [0.25, 0.3) is 0 Å². The van der Waals surface area contributed by atoms with Crippen LogP contribution in [0.2, 0.25) is 0 Å². The highest BCUT2D eigenvalue weighted by molar-refractivity contribution is 7.80. The van der Waals surface area contributed by atoms with Crippen molar-refractivity contribution < 1.29 is 34.2 Å². The molecule has 4 atom stereocenters. The molecule has 12 nitrogen and oxygen atoms in total. The van der Waals surface area contributed by atoms with Crippen LogP contribution in [-0.2, 0) is 30.4 Å². The van der Waals surface area contributed by atoms with E-state index < -0.39 is 60.2 Å². The molecule has 0 aromatic heterocycles. The van der Waals surface area contributed by atoms with Gasteiger partial charge in [-0.3, -0.25) is 19.2 Å². The van der Waals surface area contributed by atoms with Crippen molar-refractivity contribution in [3.05, 3.63) is 29.8 Å². The summed E-state index contributed by atoms with van der Waals surface area (Å²) in [5.74, 6) is -4.54. The summed E-state index contributed by atoms with van der Waals surface area (Å²) in [4.78, 5) is 60.9. The number of carbonyl (C=O) groups is 5. The minimum atomic E-state index is -1.56. The third-order valence-electron chi connectivity index (χ3n) is 4.90. The van der Waals surface area contributed by atoms with E-state index in [9.17, 15) is 34.2 Å². The van der Waals surface area contributed by atoms with Gasteiger partial charge >= 0.3 is 5.97 Å². The Morgan fingerprint density at radius 1 is 0.914 bits per heavy atom. The molecular weight excluding hydrogens is 478 g/mol. The van der Waals surface area contributed by atoms with Crippen LogP contribution in [0.15, 0.2) is 24.3 Å². The predicted octanol–water partition coefficient (Wildman–Crippen LogP) is -1.35. The summed E-state index contributed by atoms with van der Waals surface area (Å²) in [6.07, 6.45) is -0.451. The summed E-state index contributed by atoms with van der Waals surface area (Å²) in [5, 5.41) is 26.1. The van der Waals surface area contributed by atoms with E-state index in [1.54, 1.807) is 26.0 Å². The highest BCUT2D eigenvalue weighted by Gasteiger charge is 2.31. The average Bonchev–Trinajstić information content (AvgIpc) is 2.77. The number of nitrogens with one attached hydrogen (secondary N) is 3. The van der Waals surface area contributed by atoms with Crippen molar-refractivity contribution in [1.82, 2.24) is 16.0 Å². The number of phenols is 1. The Morgan fingerprint density at radius 2 is 1.43 bits per heavy atom. The molecule has 35 heavy (non-hydrogen) atoms. The van der Waals surface area contributed by atoms with Gasteiger partial charge in [0.15, 0.2) is 0 Å². The van der Waals surface area contributed by atoms with Crippen molar-refractivity contribution in [2.75, 3.05) is 5.75 Å². The summed E-state index contributed by atoms with van der Waals surface area (Å²) in [6.45, 7) is 3.60. The van der Waals surface area contributed by atoms with Gasteiger partial charge in [0.2, 0.25) is 23.6 Å². The molecule has 0 aliphatic heterocycles. The second-order valence-electron chi connectivity index (χ2n) is 8.48. The molecule has 0 aliphatic carbocycles. The molecule has 194 valence electrons. The van der Waals surface area contributed by atoms with E-state index in [2.05, 4.69) is 28.6 Å². The molecule has 0 heterocycles. The number of primary amides is 1. The molecule has 4 amide bonds. The van der Waals surface area contributed by atoms with Crippen molar-refractivity contribution in [3.8, 4) is 5.75 Å². The number of benzene rings is 1. The highest BCUT2D eigenvalue weighted by Crippen LogP contribution is 2.13. The van der Waals surface area contributed by atoms with Crippen LogP contribution in [0.3, 0.4) is 0 Å². The van der Waals surface area contributed by atoms with Crippen molar-refractivity contribution in [3.63, 3.8) is 0 Å². The average molecular weight is 512 g/mol. The van der Waals surface area contributed by atoms with Crippen LogP contribution in [0, 0.1) is 5.92 Å². The Labute approximate surface area is 208 Å². The molecule has 0 radical (unpaired) electrons. The Morgan fingerprint density at radius 3 is 1.91 bits per heavy atom. The standard InChI is InChI=1S/C22H33N5O7S/c1-11(2)7-15(20(31)27-17(22(33)34)9-18(24)29)26-21(32)16(25-19(30)14(23)10-35)8-12-3-5-13(28)6-4-12/h3-6,11,14-17,28,35H,7-10,23H2,1-2H3,(H2,24,29)(H,25,30)(H,26,32)(H,27,31)(H,33,34). The van der Waals surface area contributed by atoms with Crippen LogP contribution in [-0.4, -0.2) is 69.7 Å². The second-order valence-corrected chi connectivity index (χ2v) is 8.85. The first-order valence-electron chi connectivity index (χ1n) is 10.9. The first kappa shape index (κ1) is 29.7. The predicted molar refractivity (Wildman–Crippen MR) is 130 cm³/mol. The van der Waals surface area contributed by atoms with Gasteiger partial charge < -0.3 is 37.6 Å². The Balaban J connectivity index is 3.12. The Hall–Kier alpha value is -3.32. The summed E-state index contributed by atoms with van der Waals surface area (Å²) in [5.41, 5.74) is 11.4. The molecule has 4 unspecified atom stereocenters. The molecule has 0 bridgehead atoms. The van der Waals surface area contributed by atoms with Crippen LogP contribution < -0.4 is 27.4 Å². The van der Waals surface area contributed by atoms with Gasteiger partial charge in [-0.1, -0.05) is 26.0 Å². The zero-order valence-corrected chi connectivity index (χ0v) is 20.5. The molecule has 0 spiro atoms. The SMILES string of the molecule is CC(C)CC(NC(=O)C(Cc1ccc(O)cc1)NC(=O)C(N)CS)C(=O)NC(CC(N)=O)C(=O)O. The van der Waals surface area contributed by atoms with E-state index in [-0.39, 0.29) is 30.3 Å². The molecular formula is C22H33N5O7S. The number of carboxylic acid groups (broad SMARTS) is 1. The Kier molecular flexibility index (Phi) is 12.0. The van der Waals surface area contributed by atoms with E-state index in [0.717, 1.165) is 0 Å². The molecule has 0 aliphatic rings. The largest absolute Gasteiger partial charge is 0.508 e. The number of aromatic hydroxyl groups is 1. The maximum absolute atomic E-state index is 13.1. The quantitative estimate of drug-likeness (QED) is 0.139. The number of hydrogen-bond acceptors (Lipinski definition) is 8. The van der Waals surface area contributed by atoms with E-state index in [4.69, 9.17) is 11.5 Å². The van der Waals surface area contributed by atoms with Crippen LogP contribution >= 0.6 is 12.6 Å². The molecule has 0 saturated heterocycles. The maximum Gasteiger partial charge on any atom is 0.326 e. The second kappa shape index (κ2) is 14.2. The number of nitrogens with two attached hydrogens (primary N) is 2. The van der Waals surface area contributed by atoms with Gasteiger partial charge in [-0.05, 0) is 30.0 Å². The van der Waals surface area contributed by atoms with E-state index in [0.29, 0.717) is 5.56 Å². The van der Waals surface area contributed by atoms with Crippen LogP contribution in [0.4, 0.5) is 0 Å². The fraction of sp³-hybridized carbons (Fsp3) is 0.500. The van der Waals surface area contributed by atoms with E-state index >= 15 is 0 Å². The first-order chi connectivity index (χ1) is 16.3. The third kappa shape index (κ3) is 10.6. The number of hydrogen-bond donors (Lipinski definition) is 8. The van der Waals surface area contributed by atoms with Gasteiger partial charge in [-0.2, -0.15) is 12.6 Å². The Bertz CT molecular complexity index is 910. The van der Waals surface area contributed by atoms with Crippen LogP contribution in [0.5, 0.6) is 5.75 Å². The number of carboxylic acids is 1. The van der Waals surface area contributed by atoms with Crippen molar-refractivity contribution >= 4 is 42.2 Å².